The number of anilines is 1. The molecule has 0 aliphatic carbocycles. The highest BCUT2D eigenvalue weighted by Crippen LogP contribution is 2.22. The average molecular weight is 262 g/mol. The quantitative estimate of drug-likeness (QED) is 0.855. The molecule has 2 rings (SSSR count). The zero-order chi connectivity index (χ0) is 13.7. The Kier molecular flexibility index (Phi) is 4.80. The number of aromatic carboxylic acids is 1. The predicted molar refractivity (Wildman–Crippen MR) is 76.9 cm³/mol. The maximum Gasteiger partial charge on any atom is 0.337 e. The molecule has 1 heterocycles. The lowest BCUT2D eigenvalue weighted by Gasteiger charge is -2.36. The van der Waals surface area contributed by atoms with Crippen LogP contribution in [0.3, 0.4) is 0 Å². The molecular weight excluding hydrogens is 240 g/mol. The van der Waals surface area contributed by atoms with Crippen molar-refractivity contribution in [3.05, 3.63) is 29.8 Å². The minimum Gasteiger partial charge on any atom is -0.478 e. The molecule has 2 N–H and O–H groups in total. The molecule has 1 aliphatic rings. The molecule has 1 aromatic carbocycles. The molecule has 1 saturated heterocycles. The molecule has 0 bridgehead atoms. The lowest BCUT2D eigenvalue weighted by Crippen LogP contribution is -2.51. The Morgan fingerprint density at radius 2 is 2.26 bits per heavy atom. The van der Waals surface area contributed by atoms with Gasteiger partial charge in [-0.1, -0.05) is 31.9 Å². The summed E-state index contributed by atoms with van der Waals surface area (Å²) in [5.41, 5.74) is 1.25. The van der Waals surface area contributed by atoms with Crippen LogP contribution in [0.2, 0.25) is 0 Å². The van der Waals surface area contributed by atoms with Crippen LogP contribution in [0, 0.1) is 0 Å². The van der Waals surface area contributed by atoms with Gasteiger partial charge in [0.25, 0.3) is 0 Å². The lowest BCUT2D eigenvalue weighted by atomic mass is 10.1. The number of rotatable bonds is 5. The highest BCUT2D eigenvalue weighted by molar-refractivity contribution is 5.94. The van der Waals surface area contributed by atoms with Crippen molar-refractivity contribution in [2.45, 2.75) is 32.2 Å². The Morgan fingerprint density at radius 3 is 3.00 bits per heavy atom. The van der Waals surface area contributed by atoms with E-state index < -0.39 is 5.97 Å². The van der Waals surface area contributed by atoms with Crippen molar-refractivity contribution in [3.63, 3.8) is 0 Å². The smallest absolute Gasteiger partial charge is 0.337 e. The van der Waals surface area contributed by atoms with Gasteiger partial charge in [0.05, 0.1) is 11.3 Å². The maximum absolute atomic E-state index is 11.3. The number of carbonyl (C=O) groups is 1. The van der Waals surface area contributed by atoms with Crippen molar-refractivity contribution in [2.75, 3.05) is 24.5 Å². The molecule has 0 radical (unpaired) electrons. The normalized spacial score (nSPS) is 19.4. The molecule has 0 aromatic heterocycles. The second kappa shape index (κ2) is 6.57. The molecule has 19 heavy (non-hydrogen) atoms. The van der Waals surface area contributed by atoms with E-state index in [2.05, 4.69) is 17.1 Å². The van der Waals surface area contributed by atoms with E-state index in [1.807, 2.05) is 12.1 Å². The Labute approximate surface area is 114 Å². The van der Waals surface area contributed by atoms with Crippen molar-refractivity contribution in [1.29, 1.82) is 0 Å². The van der Waals surface area contributed by atoms with E-state index in [4.69, 9.17) is 0 Å². The van der Waals surface area contributed by atoms with Crippen molar-refractivity contribution in [1.82, 2.24) is 5.32 Å². The highest BCUT2D eigenvalue weighted by Gasteiger charge is 2.22. The van der Waals surface area contributed by atoms with Gasteiger partial charge in [-0.15, -0.1) is 0 Å². The summed E-state index contributed by atoms with van der Waals surface area (Å²) in [5.74, 6) is -0.848. The van der Waals surface area contributed by atoms with Gasteiger partial charge in [0.1, 0.15) is 0 Å². The highest BCUT2D eigenvalue weighted by atomic mass is 16.4. The molecule has 1 atom stereocenters. The van der Waals surface area contributed by atoms with E-state index in [1.165, 1.54) is 12.8 Å². The van der Waals surface area contributed by atoms with Gasteiger partial charge in [-0.05, 0) is 18.6 Å². The first kappa shape index (κ1) is 13.9. The van der Waals surface area contributed by atoms with Crippen molar-refractivity contribution in [2.24, 2.45) is 0 Å². The third-order valence-corrected chi connectivity index (χ3v) is 3.64. The molecule has 0 amide bonds. The second-order valence-corrected chi connectivity index (χ2v) is 5.06. The predicted octanol–water partition coefficient (Wildman–Crippen LogP) is 2.35. The number of piperazine rings is 1. The molecule has 4 nitrogen and oxygen atoms in total. The topological polar surface area (TPSA) is 52.6 Å². The SMILES string of the molecule is CCCC[C@@H]1CN(c2ccccc2C(=O)O)CCN1. The van der Waals surface area contributed by atoms with E-state index in [9.17, 15) is 9.90 Å². The Bertz CT molecular complexity index is 434. The van der Waals surface area contributed by atoms with Crippen LogP contribution in [0.4, 0.5) is 5.69 Å². The third kappa shape index (κ3) is 3.47. The Morgan fingerprint density at radius 1 is 1.47 bits per heavy atom. The fraction of sp³-hybridized carbons (Fsp3) is 0.533. The van der Waals surface area contributed by atoms with Crippen LogP contribution in [-0.4, -0.2) is 36.8 Å². The fourth-order valence-electron chi connectivity index (χ4n) is 2.62. The van der Waals surface area contributed by atoms with Crippen LogP contribution in [0.5, 0.6) is 0 Å². The largest absolute Gasteiger partial charge is 0.478 e. The van der Waals surface area contributed by atoms with E-state index in [1.54, 1.807) is 12.1 Å². The lowest BCUT2D eigenvalue weighted by molar-refractivity contribution is 0.0697. The number of hydrogen-bond donors (Lipinski definition) is 2. The van der Waals surface area contributed by atoms with Crippen molar-refractivity contribution in [3.8, 4) is 0 Å². The number of hydrogen-bond acceptors (Lipinski definition) is 3. The minimum atomic E-state index is -0.848. The number of carboxylic acids is 1. The van der Waals surface area contributed by atoms with Gasteiger partial charge in [-0.3, -0.25) is 0 Å². The number of benzene rings is 1. The fourth-order valence-corrected chi connectivity index (χ4v) is 2.62. The number of para-hydroxylation sites is 1. The van der Waals surface area contributed by atoms with E-state index >= 15 is 0 Å². The molecule has 104 valence electrons. The summed E-state index contributed by atoms with van der Waals surface area (Å²) in [6, 6.07) is 7.75. The second-order valence-electron chi connectivity index (χ2n) is 5.06. The summed E-state index contributed by atoms with van der Waals surface area (Å²) in [6.45, 7) is 4.87. The molecule has 0 unspecified atom stereocenters. The number of unbranched alkanes of at least 4 members (excludes halogenated alkanes) is 1. The molecule has 1 aromatic rings. The summed E-state index contributed by atoms with van der Waals surface area (Å²) >= 11 is 0. The molecular formula is C15H22N2O2. The summed E-state index contributed by atoms with van der Waals surface area (Å²) in [7, 11) is 0. The zero-order valence-electron chi connectivity index (χ0n) is 11.4. The van der Waals surface area contributed by atoms with Gasteiger partial charge in [0, 0.05) is 25.7 Å². The van der Waals surface area contributed by atoms with Crippen LogP contribution in [-0.2, 0) is 0 Å². The van der Waals surface area contributed by atoms with Gasteiger partial charge < -0.3 is 15.3 Å². The van der Waals surface area contributed by atoms with E-state index in [0.717, 1.165) is 31.7 Å². The first-order chi connectivity index (χ1) is 9.22. The number of nitrogens with one attached hydrogen (secondary N) is 1. The van der Waals surface area contributed by atoms with E-state index in [0.29, 0.717) is 11.6 Å². The first-order valence-electron chi connectivity index (χ1n) is 7.03. The van der Waals surface area contributed by atoms with Gasteiger partial charge in [-0.25, -0.2) is 4.79 Å². The number of carboxylic acid groups (broad SMARTS) is 1. The average Bonchev–Trinajstić information content (AvgIpc) is 2.45. The summed E-state index contributed by atoms with van der Waals surface area (Å²) in [4.78, 5) is 13.5. The van der Waals surface area contributed by atoms with Gasteiger partial charge >= 0.3 is 5.97 Å². The Hall–Kier alpha value is -1.55. The molecule has 0 spiro atoms. The number of nitrogens with zero attached hydrogens (tertiary/aromatic N) is 1. The van der Waals surface area contributed by atoms with Crippen LogP contribution >= 0.6 is 0 Å². The molecule has 1 aliphatic heterocycles. The van der Waals surface area contributed by atoms with Crippen molar-refractivity contribution >= 4 is 11.7 Å². The van der Waals surface area contributed by atoms with Crippen molar-refractivity contribution < 1.29 is 9.90 Å². The third-order valence-electron chi connectivity index (χ3n) is 3.64. The van der Waals surface area contributed by atoms with Gasteiger partial charge in [0.15, 0.2) is 0 Å². The molecule has 4 heteroatoms. The maximum atomic E-state index is 11.3. The Balaban J connectivity index is 2.11. The summed E-state index contributed by atoms with van der Waals surface area (Å²) in [5, 5.41) is 12.8. The zero-order valence-corrected chi connectivity index (χ0v) is 11.4. The standard InChI is InChI=1S/C15H22N2O2/c1-2-3-6-12-11-17(10-9-16-12)14-8-5-4-7-13(14)15(18)19/h4-5,7-8,12,16H,2-3,6,9-11H2,1H3,(H,18,19)/t12-/m1/s1. The summed E-state index contributed by atoms with van der Waals surface area (Å²) in [6.07, 6.45) is 3.57. The van der Waals surface area contributed by atoms with Gasteiger partial charge in [-0.2, -0.15) is 0 Å². The van der Waals surface area contributed by atoms with Crippen LogP contribution in [0.1, 0.15) is 36.5 Å². The first-order valence-corrected chi connectivity index (χ1v) is 7.03. The van der Waals surface area contributed by atoms with E-state index in [-0.39, 0.29) is 0 Å². The van der Waals surface area contributed by atoms with Crippen LogP contribution in [0.25, 0.3) is 0 Å². The molecule has 1 fully saturated rings. The monoisotopic (exact) mass is 262 g/mol. The molecule has 0 saturated carbocycles. The minimum absolute atomic E-state index is 0.402. The van der Waals surface area contributed by atoms with Gasteiger partial charge in [0.2, 0.25) is 0 Å². The summed E-state index contributed by atoms with van der Waals surface area (Å²) < 4.78 is 0. The van der Waals surface area contributed by atoms with Crippen LogP contribution < -0.4 is 10.2 Å². The van der Waals surface area contributed by atoms with Crippen LogP contribution in [0.15, 0.2) is 24.3 Å².